The minimum absolute atomic E-state index is 0.558. The van der Waals surface area contributed by atoms with E-state index in [9.17, 15) is 0 Å². The predicted octanol–water partition coefficient (Wildman–Crippen LogP) is 3.54. The molecular weight excluding hydrogens is 218 g/mol. The molecule has 1 N–H and O–H groups in total. The first-order valence-corrected chi connectivity index (χ1v) is 6.48. The molecule has 0 aliphatic rings. The number of thiophene rings is 1. The smallest absolute Gasteiger partial charge is 0.117 e. The van der Waals surface area contributed by atoms with Gasteiger partial charge in [-0.25, -0.2) is 0 Å². The molecule has 1 unspecified atom stereocenters. The van der Waals surface area contributed by atoms with Crippen LogP contribution in [-0.4, -0.2) is 6.54 Å². The van der Waals surface area contributed by atoms with Gasteiger partial charge in [-0.15, -0.1) is 0 Å². The molecule has 3 heteroatoms. The maximum Gasteiger partial charge on any atom is 0.117 e. The molecule has 0 saturated carbocycles. The van der Waals surface area contributed by atoms with Gasteiger partial charge < -0.3 is 9.73 Å². The Kier molecular flexibility index (Phi) is 3.80. The maximum atomic E-state index is 5.50. The van der Waals surface area contributed by atoms with Gasteiger partial charge in [-0.2, -0.15) is 11.3 Å². The van der Waals surface area contributed by atoms with Crippen LogP contribution in [0.4, 0.5) is 0 Å². The van der Waals surface area contributed by atoms with Crippen LogP contribution in [0.5, 0.6) is 0 Å². The van der Waals surface area contributed by atoms with Gasteiger partial charge in [0.05, 0.1) is 6.54 Å². The quantitative estimate of drug-likeness (QED) is 0.857. The molecule has 2 nitrogen and oxygen atoms in total. The van der Waals surface area contributed by atoms with Gasteiger partial charge in [-0.1, -0.05) is 6.92 Å². The van der Waals surface area contributed by atoms with Crippen LogP contribution in [0, 0.1) is 6.92 Å². The van der Waals surface area contributed by atoms with Crippen LogP contribution in [0.3, 0.4) is 0 Å². The van der Waals surface area contributed by atoms with Gasteiger partial charge in [-0.05, 0) is 47.4 Å². The highest BCUT2D eigenvalue weighted by Gasteiger charge is 2.05. The molecule has 0 radical (unpaired) electrons. The van der Waals surface area contributed by atoms with Crippen molar-refractivity contribution in [1.29, 1.82) is 0 Å². The summed E-state index contributed by atoms with van der Waals surface area (Å²) in [6.07, 6.45) is 0. The SMILES string of the molecule is Cc1ccc(CNCC(C)c2ccsc2)o1. The Morgan fingerprint density at radius 3 is 2.88 bits per heavy atom. The Hall–Kier alpha value is -1.06. The van der Waals surface area contributed by atoms with Crippen LogP contribution in [0.25, 0.3) is 0 Å². The fraction of sp³-hybridized carbons (Fsp3) is 0.385. The first-order chi connectivity index (χ1) is 7.75. The van der Waals surface area contributed by atoms with E-state index in [1.165, 1.54) is 5.56 Å². The fourth-order valence-electron chi connectivity index (χ4n) is 1.67. The van der Waals surface area contributed by atoms with E-state index >= 15 is 0 Å². The van der Waals surface area contributed by atoms with E-state index in [2.05, 4.69) is 29.1 Å². The van der Waals surface area contributed by atoms with Crippen LogP contribution >= 0.6 is 11.3 Å². The van der Waals surface area contributed by atoms with Crippen LogP contribution < -0.4 is 5.32 Å². The van der Waals surface area contributed by atoms with Crippen molar-refractivity contribution in [2.75, 3.05) is 6.54 Å². The first-order valence-electron chi connectivity index (χ1n) is 5.54. The number of furan rings is 1. The second-order valence-electron chi connectivity index (χ2n) is 4.10. The Morgan fingerprint density at radius 2 is 2.25 bits per heavy atom. The number of rotatable bonds is 5. The number of nitrogens with one attached hydrogen (secondary N) is 1. The summed E-state index contributed by atoms with van der Waals surface area (Å²) in [5, 5.41) is 7.75. The lowest BCUT2D eigenvalue weighted by atomic mass is 10.1. The second-order valence-corrected chi connectivity index (χ2v) is 4.88. The number of hydrogen-bond donors (Lipinski definition) is 1. The van der Waals surface area contributed by atoms with Crippen molar-refractivity contribution in [2.24, 2.45) is 0 Å². The molecule has 2 aromatic heterocycles. The monoisotopic (exact) mass is 235 g/mol. The summed E-state index contributed by atoms with van der Waals surface area (Å²) in [6, 6.07) is 6.21. The van der Waals surface area contributed by atoms with Crippen molar-refractivity contribution in [3.05, 3.63) is 46.0 Å². The van der Waals surface area contributed by atoms with Crippen molar-refractivity contribution in [2.45, 2.75) is 26.3 Å². The van der Waals surface area contributed by atoms with Crippen molar-refractivity contribution >= 4 is 11.3 Å². The maximum absolute atomic E-state index is 5.50. The first kappa shape index (κ1) is 11.4. The molecule has 0 bridgehead atoms. The molecule has 0 aliphatic carbocycles. The molecule has 0 spiro atoms. The molecule has 0 amide bonds. The highest BCUT2D eigenvalue weighted by atomic mass is 32.1. The van der Waals surface area contributed by atoms with Crippen molar-refractivity contribution in [1.82, 2.24) is 5.32 Å². The van der Waals surface area contributed by atoms with Gasteiger partial charge in [0.25, 0.3) is 0 Å². The highest BCUT2D eigenvalue weighted by molar-refractivity contribution is 7.07. The third-order valence-corrected chi connectivity index (χ3v) is 3.36. The zero-order chi connectivity index (χ0) is 11.4. The van der Waals surface area contributed by atoms with E-state index in [-0.39, 0.29) is 0 Å². The Bertz CT molecular complexity index is 419. The lowest BCUT2D eigenvalue weighted by Gasteiger charge is -2.10. The molecule has 0 aromatic carbocycles. The summed E-state index contributed by atoms with van der Waals surface area (Å²) in [5.74, 6) is 2.54. The summed E-state index contributed by atoms with van der Waals surface area (Å²) in [7, 11) is 0. The van der Waals surface area contributed by atoms with Crippen molar-refractivity contribution in [3.63, 3.8) is 0 Å². The van der Waals surface area contributed by atoms with Crippen LogP contribution in [0.1, 0.15) is 29.9 Å². The third-order valence-electron chi connectivity index (χ3n) is 2.66. The van der Waals surface area contributed by atoms with Gasteiger partial charge in [0.1, 0.15) is 11.5 Å². The highest BCUT2D eigenvalue weighted by Crippen LogP contribution is 2.17. The normalized spacial score (nSPS) is 12.9. The largest absolute Gasteiger partial charge is 0.465 e. The average Bonchev–Trinajstić information content (AvgIpc) is 2.89. The van der Waals surface area contributed by atoms with E-state index in [1.807, 2.05) is 19.1 Å². The van der Waals surface area contributed by atoms with Crippen molar-refractivity contribution in [3.8, 4) is 0 Å². The standard InChI is InChI=1S/C13H17NOS/c1-10(12-5-6-16-9-12)7-14-8-13-4-3-11(2)15-13/h3-6,9-10,14H,7-8H2,1-2H3. The van der Waals surface area contributed by atoms with E-state index in [4.69, 9.17) is 4.42 Å². The summed E-state index contributed by atoms with van der Waals surface area (Å²) in [6.45, 7) is 6.00. The predicted molar refractivity (Wildman–Crippen MR) is 67.9 cm³/mol. The van der Waals surface area contributed by atoms with E-state index in [1.54, 1.807) is 11.3 Å². The summed E-state index contributed by atoms with van der Waals surface area (Å²) < 4.78 is 5.50. The Labute approximate surface area is 100 Å². The minimum Gasteiger partial charge on any atom is -0.465 e. The number of hydrogen-bond acceptors (Lipinski definition) is 3. The molecule has 0 fully saturated rings. The summed E-state index contributed by atoms with van der Waals surface area (Å²) in [4.78, 5) is 0. The molecule has 86 valence electrons. The molecule has 16 heavy (non-hydrogen) atoms. The molecule has 2 aromatic rings. The zero-order valence-corrected chi connectivity index (χ0v) is 10.5. The third kappa shape index (κ3) is 2.97. The molecule has 1 atom stereocenters. The molecule has 2 rings (SSSR count). The zero-order valence-electron chi connectivity index (χ0n) is 9.69. The van der Waals surface area contributed by atoms with Gasteiger partial charge in [0, 0.05) is 6.54 Å². The van der Waals surface area contributed by atoms with Crippen LogP contribution in [-0.2, 0) is 6.54 Å². The van der Waals surface area contributed by atoms with E-state index < -0.39 is 0 Å². The Balaban J connectivity index is 1.76. The van der Waals surface area contributed by atoms with Gasteiger partial charge in [0.2, 0.25) is 0 Å². The van der Waals surface area contributed by atoms with Gasteiger partial charge in [0.15, 0.2) is 0 Å². The van der Waals surface area contributed by atoms with E-state index in [0.717, 1.165) is 24.6 Å². The Morgan fingerprint density at radius 1 is 1.38 bits per heavy atom. The molecule has 0 aliphatic heterocycles. The molecule has 2 heterocycles. The van der Waals surface area contributed by atoms with Gasteiger partial charge in [-0.3, -0.25) is 0 Å². The van der Waals surface area contributed by atoms with E-state index in [0.29, 0.717) is 5.92 Å². The van der Waals surface area contributed by atoms with Gasteiger partial charge >= 0.3 is 0 Å². The summed E-state index contributed by atoms with van der Waals surface area (Å²) >= 11 is 1.75. The lowest BCUT2D eigenvalue weighted by molar-refractivity contribution is 0.457. The minimum atomic E-state index is 0.558. The molecular formula is C13H17NOS. The topological polar surface area (TPSA) is 25.2 Å². The fourth-order valence-corrected chi connectivity index (χ4v) is 2.45. The lowest BCUT2D eigenvalue weighted by Crippen LogP contribution is -2.19. The molecule has 0 saturated heterocycles. The van der Waals surface area contributed by atoms with Crippen molar-refractivity contribution < 1.29 is 4.42 Å². The summed E-state index contributed by atoms with van der Waals surface area (Å²) in [5.41, 5.74) is 1.41. The van der Waals surface area contributed by atoms with Crippen LogP contribution in [0.2, 0.25) is 0 Å². The van der Waals surface area contributed by atoms with Crippen LogP contribution in [0.15, 0.2) is 33.4 Å². The average molecular weight is 235 g/mol. The number of aryl methyl sites for hydroxylation is 1. The second kappa shape index (κ2) is 5.32.